The fraction of sp³-hybridized carbons (Fsp3) is 0.381. The van der Waals surface area contributed by atoms with Gasteiger partial charge in [-0.15, -0.1) is 0 Å². The van der Waals surface area contributed by atoms with E-state index in [1.54, 1.807) is 35.4 Å². The highest BCUT2D eigenvalue weighted by Gasteiger charge is 2.21. The number of nitrogens with one attached hydrogen (secondary N) is 2. The summed E-state index contributed by atoms with van der Waals surface area (Å²) in [7, 11) is 1.38. The molecule has 30 heavy (non-hydrogen) atoms. The van der Waals surface area contributed by atoms with Crippen molar-refractivity contribution in [1.82, 2.24) is 20.1 Å². The van der Waals surface area contributed by atoms with Crippen LogP contribution in [0.2, 0.25) is 0 Å². The van der Waals surface area contributed by atoms with Crippen LogP contribution < -0.4 is 10.6 Å². The molecule has 1 aromatic heterocycles. The van der Waals surface area contributed by atoms with Crippen LogP contribution in [0, 0.1) is 12.7 Å². The number of piperazine rings is 1. The zero-order valence-corrected chi connectivity index (χ0v) is 17.2. The Hall–Kier alpha value is -3.20. The summed E-state index contributed by atoms with van der Waals surface area (Å²) in [6.45, 7) is 5.19. The maximum atomic E-state index is 14.2. The van der Waals surface area contributed by atoms with Gasteiger partial charge in [0.05, 0.1) is 19.0 Å². The molecule has 1 aliphatic rings. The standard InChI is InChI=1S/C21H26FN5O3/c1-15-3-5-18(13-23-15)25-20(28)24-12-17-11-16(4-6-19(17)22)14-26-7-9-27(10-8-26)21(29)30-2/h3-6,11,13H,7-10,12,14H2,1-2H3,(H2,24,25,28). The molecule has 0 atom stereocenters. The van der Waals surface area contributed by atoms with Gasteiger partial charge in [0.2, 0.25) is 0 Å². The summed E-state index contributed by atoms with van der Waals surface area (Å²) in [5.41, 5.74) is 2.78. The molecule has 0 bridgehead atoms. The van der Waals surface area contributed by atoms with Gasteiger partial charge in [0, 0.05) is 50.5 Å². The summed E-state index contributed by atoms with van der Waals surface area (Å²) in [4.78, 5) is 31.6. The first-order valence-electron chi connectivity index (χ1n) is 9.74. The van der Waals surface area contributed by atoms with Gasteiger partial charge >= 0.3 is 12.1 Å². The number of aromatic nitrogens is 1. The third-order valence-electron chi connectivity index (χ3n) is 4.93. The SMILES string of the molecule is COC(=O)N1CCN(Cc2ccc(F)c(CNC(=O)Nc3ccc(C)nc3)c2)CC1. The van der Waals surface area contributed by atoms with Gasteiger partial charge in [-0.25, -0.2) is 14.0 Å². The number of ether oxygens (including phenoxy) is 1. The van der Waals surface area contributed by atoms with E-state index in [2.05, 4.69) is 20.5 Å². The molecule has 1 aliphatic heterocycles. The van der Waals surface area contributed by atoms with E-state index in [4.69, 9.17) is 4.74 Å². The molecular formula is C21H26FN5O3. The summed E-state index contributed by atoms with van der Waals surface area (Å²) < 4.78 is 18.9. The number of anilines is 1. The molecule has 9 heteroatoms. The zero-order chi connectivity index (χ0) is 21.5. The lowest BCUT2D eigenvalue weighted by atomic mass is 10.1. The molecule has 3 amide bonds. The molecule has 2 N–H and O–H groups in total. The number of rotatable bonds is 5. The Balaban J connectivity index is 1.52. The second-order valence-corrected chi connectivity index (χ2v) is 7.15. The molecule has 2 heterocycles. The number of halogens is 1. The Morgan fingerprint density at radius 1 is 1.17 bits per heavy atom. The van der Waals surface area contributed by atoms with Gasteiger partial charge in [-0.05, 0) is 36.8 Å². The molecule has 160 valence electrons. The lowest BCUT2D eigenvalue weighted by Gasteiger charge is -2.33. The van der Waals surface area contributed by atoms with Crippen molar-refractivity contribution in [3.05, 3.63) is 59.2 Å². The average Bonchev–Trinajstić information content (AvgIpc) is 2.75. The van der Waals surface area contributed by atoms with Crippen molar-refractivity contribution < 1.29 is 18.7 Å². The van der Waals surface area contributed by atoms with Gasteiger partial charge in [0.15, 0.2) is 0 Å². The molecule has 0 saturated carbocycles. The molecule has 3 rings (SSSR count). The monoisotopic (exact) mass is 415 g/mol. The van der Waals surface area contributed by atoms with Crippen LogP contribution in [0.25, 0.3) is 0 Å². The molecule has 1 aromatic carbocycles. The van der Waals surface area contributed by atoms with Gasteiger partial charge in [0.25, 0.3) is 0 Å². The van der Waals surface area contributed by atoms with E-state index in [0.717, 1.165) is 11.3 Å². The number of benzene rings is 1. The minimum atomic E-state index is -0.426. The largest absolute Gasteiger partial charge is 0.453 e. The molecule has 8 nitrogen and oxygen atoms in total. The summed E-state index contributed by atoms with van der Waals surface area (Å²) in [5.74, 6) is -0.369. The van der Waals surface area contributed by atoms with E-state index in [0.29, 0.717) is 44.0 Å². The summed E-state index contributed by atoms with van der Waals surface area (Å²) >= 11 is 0. The Bertz CT molecular complexity index is 883. The number of hydrogen-bond donors (Lipinski definition) is 2. The topological polar surface area (TPSA) is 86.8 Å². The average molecular weight is 415 g/mol. The van der Waals surface area contributed by atoms with Gasteiger partial charge in [0.1, 0.15) is 5.82 Å². The van der Waals surface area contributed by atoms with E-state index in [-0.39, 0.29) is 18.5 Å². The van der Waals surface area contributed by atoms with E-state index in [1.165, 1.54) is 13.2 Å². The number of urea groups is 1. The lowest BCUT2D eigenvalue weighted by molar-refractivity contribution is 0.0889. The van der Waals surface area contributed by atoms with Gasteiger partial charge in [-0.1, -0.05) is 6.07 Å². The van der Waals surface area contributed by atoms with Crippen LogP contribution in [0.4, 0.5) is 19.7 Å². The third kappa shape index (κ3) is 5.90. The number of carbonyl (C=O) groups is 2. The first kappa shape index (κ1) is 21.5. The number of hydrogen-bond acceptors (Lipinski definition) is 5. The molecular weight excluding hydrogens is 389 g/mol. The maximum absolute atomic E-state index is 14.2. The highest BCUT2D eigenvalue weighted by molar-refractivity contribution is 5.88. The molecule has 0 radical (unpaired) electrons. The number of amides is 3. The van der Waals surface area contributed by atoms with Crippen molar-refractivity contribution in [2.45, 2.75) is 20.0 Å². The summed E-state index contributed by atoms with van der Waals surface area (Å²) in [5, 5.41) is 5.34. The van der Waals surface area contributed by atoms with Crippen LogP contribution in [-0.4, -0.2) is 60.2 Å². The van der Waals surface area contributed by atoms with Crippen molar-refractivity contribution in [1.29, 1.82) is 0 Å². The van der Waals surface area contributed by atoms with Gasteiger partial charge in [-0.2, -0.15) is 0 Å². The first-order chi connectivity index (χ1) is 14.4. The summed E-state index contributed by atoms with van der Waals surface area (Å²) in [6.07, 6.45) is 1.25. The third-order valence-corrected chi connectivity index (χ3v) is 4.93. The van der Waals surface area contributed by atoms with Crippen molar-refractivity contribution in [2.75, 3.05) is 38.6 Å². The minimum Gasteiger partial charge on any atom is -0.453 e. The van der Waals surface area contributed by atoms with Crippen molar-refractivity contribution in [3.8, 4) is 0 Å². The van der Waals surface area contributed by atoms with Crippen molar-refractivity contribution in [2.24, 2.45) is 0 Å². The lowest BCUT2D eigenvalue weighted by Crippen LogP contribution is -2.48. The second kappa shape index (κ2) is 10.0. The first-order valence-corrected chi connectivity index (χ1v) is 9.74. The number of aryl methyl sites for hydroxylation is 1. The highest BCUT2D eigenvalue weighted by atomic mass is 19.1. The van der Waals surface area contributed by atoms with Crippen LogP contribution in [-0.2, 0) is 17.8 Å². The predicted octanol–water partition coefficient (Wildman–Crippen LogP) is 2.73. The second-order valence-electron chi connectivity index (χ2n) is 7.15. The smallest absolute Gasteiger partial charge is 0.409 e. The number of methoxy groups -OCH3 is 1. The Kier molecular flexibility index (Phi) is 7.18. The molecule has 0 unspecified atom stereocenters. The van der Waals surface area contributed by atoms with Crippen LogP contribution >= 0.6 is 0 Å². The van der Waals surface area contributed by atoms with E-state index in [1.807, 2.05) is 6.92 Å². The fourth-order valence-corrected chi connectivity index (χ4v) is 3.23. The van der Waals surface area contributed by atoms with Crippen LogP contribution in [0.3, 0.4) is 0 Å². The summed E-state index contributed by atoms with van der Waals surface area (Å²) in [6, 6.07) is 8.04. The molecule has 1 saturated heterocycles. The molecule has 1 fully saturated rings. The van der Waals surface area contributed by atoms with Crippen LogP contribution in [0.15, 0.2) is 36.5 Å². The van der Waals surface area contributed by atoms with Gasteiger partial charge < -0.3 is 20.3 Å². The van der Waals surface area contributed by atoms with E-state index >= 15 is 0 Å². The number of pyridine rings is 1. The van der Waals surface area contributed by atoms with E-state index < -0.39 is 6.03 Å². The quantitative estimate of drug-likeness (QED) is 0.784. The number of nitrogens with zero attached hydrogens (tertiary/aromatic N) is 3. The Morgan fingerprint density at radius 3 is 2.60 bits per heavy atom. The highest BCUT2D eigenvalue weighted by Crippen LogP contribution is 2.14. The molecule has 2 aromatic rings. The maximum Gasteiger partial charge on any atom is 0.409 e. The predicted molar refractivity (Wildman–Crippen MR) is 110 cm³/mol. The normalized spacial score (nSPS) is 14.3. The molecule has 0 aliphatic carbocycles. The fourth-order valence-electron chi connectivity index (χ4n) is 3.23. The minimum absolute atomic E-state index is 0.0704. The van der Waals surface area contributed by atoms with Crippen molar-refractivity contribution in [3.63, 3.8) is 0 Å². The van der Waals surface area contributed by atoms with E-state index in [9.17, 15) is 14.0 Å². The molecule has 0 spiro atoms. The van der Waals surface area contributed by atoms with Crippen LogP contribution in [0.5, 0.6) is 0 Å². The van der Waals surface area contributed by atoms with Gasteiger partial charge in [-0.3, -0.25) is 9.88 Å². The number of carbonyl (C=O) groups excluding carboxylic acids is 2. The zero-order valence-electron chi connectivity index (χ0n) is 17.2. The van der Waals surface area contributed by atoms with Crippen LogP contribution in [0.1, 0.15) is 16.8 Å². The Labute approximate surface area is 175 Å². The Morgan fingerprint density at radius 2 is 1.93 bits per heavy atom. The van der Waals surface area contributed by atoms with Crippen molar-refractivity contribution >= 4 is 17.8 Å².